The van der Waals surface area contributed by atoms with Crippen molar-refractivity contribution in [2.45, 2.75) is 31.5 Å². The van der Waals surface area contributed by atoms with Gasteiger partial charge in [-0.15, -0.1) is 0 Å². The van der Waals surface area contributed by atoms with Crippen molar-refractivity contribution in [1.82, 2.24) is 9.80 Å². The molecule has 0 radical (unpaired) electrons. The highest BCUT2D eigenvalue weighted by atomic mass is 19.4. The van der Waals surface area contributed by atoms with Crippen LogP contribution in [0.3, 0.4) is 0 Å². The summed E-state index contributed by atoms with van der Waals surface area (Å²) in [6, 6.07) is 13.8. The zero-order valence-corrected chi connectivity index (χ0v) is 19.5. The Kier molecular flexibility index (Phi) is 8.07. The van der Waals surface area contributed by atoms with Gasteiger partial charge in [0.25, 0.3) is 5.91 Å². The van der Waals surface area contributed by atoms with Crippen molar-refractivity contribution in [3.8, 4) is 0 Å². The van der Waals surface area contributed by atoms with E-state index in [2.05, 4.69) is 4.90 Å². The Hall–Kier alpha value is -2.91. The van der Waals surface area contributed by atoms with Crippen LogP contribution in [-0.4, -0.2) is 73.6 Å². The van der Waals surface area contributed by atoms with Crippen LogP contribution in [0.5, 0.6) is 0 Å². The van der Waals surface area contributed by atoms with Gasteiger partial charge in [0.05, 0.1) is 18.8 Å². The molecule has 6 nitrogen and oxygen atoms in total. The van der Waals surface area contributed by atoms with Crippen molar-refractivity contribution < 1.29 is 27.5 Å². The Bertz CT molecular complexity index is 984. The summed E-state index contributed by atoms with van der Waals surface area (Å²) in [7, 11) is 0. The van der Waals surface area contributed by atoms with Crippen molar-refractivity contribution in [3.05, 3.63) is 65.7 Å². The number of hydrogen-bond acceptors (Lipinski definition) is 4. The summed E-state index contributed by atoms with van der Waals surface area (Å²) in [5.74, 6) is -0.239. The lowest BCUT2D eigenvalue weighted by Gasteiger charge is -2.39. The zero-order chi connectivity index (χ0) is 24.8. The number of carbonyl (C=O) groups is 2. The molecule has 2 aliphatic heterocycles. The minimum atomic E-state index is -4.44. The highest BCUT2D eigenvalue weighted by Crippen LogP contribution is 2.30. The first-order valence-electron chi connectivity index (χ1n) is 12.0. The van der Waals surface area contributed by atoms with Crippen LogP contribution < -0.4 is 4.90 Å². The second kappa shape index (κ2) is 11.2. The lowest BCUT2D eigenvalue weighted by molar-refractivity contribution is -0.137. The number of benzene rings is 2. The van der Waals surface area contributed by atoms with Gasteiger partial charge in [-0.3, -0.25) is 14.5 Å². The lowest BCUT2D eigenvalue weighted by Crippen LogP contribution is -2.49. The van der Waals surface area contributed by atoms with Crippen molar-refractivity contribution in [1.29, 1.82) is 0 Å². The van der Waals surface area contributed by atoms with Gasteiger partial charge in [0, 0.05) is 56.4 Å². The molecule has 0 bridgehead atoms. The molecule has 2 saturated heterocycles. The third kappa shape index (κ3) is 6.41. The van der Waals surface area contributed by atoms with Crippen LogP contribution in [0, 0.1) is 0 Å². The minimum Gasteiger partial charge on any atom is -0.379 e. The molecule has 0 unspecified atom stereocenters. The van der Waals surface area contributed by atoms with Crippen LogP contribution in [0.1, 0.15) is 35.2 Å². The number of hydrogen-bond donors (Lipinski definition) is 0. The number of likely N-dealkylation sites (tertiary alicyclic amines) is 1. The fourth-order valence-corrected chi connectivity index (χ4v) is 4.66. The average molecular weight is 490 g/mol. The normalized spacial score (nSPS) is 17.9. The first-order valence-corrected chi connectivity index (χ1v) is 12.0. The standard InChI is InChI=1S/C26H30F3N3O3/c27-26(28,29)21-8-6-20(7-9-21)25(34)31-14-10-23(11-15-31)32(22-4-2-1-3-5-22)24(33)12-13-30-16-18-35-19-17-30/h1-9,23H,10-19H2. The maximum atomic E-state index is 13.3. The summed E-state index contributed by atoms with van der Waals surface area (Å²) in [4.78, 5) is 31.9. The minimum absolute atomic E-state index is 0.0498. The summed E-state index contributed by atoms with van der Waals surface area (Å²) >= 11 is 0. The first-order chi connectivity index (χ1) is 16.8. The van der Waals surface area contributed by atoms with Crippen molar-refractivity contribution >= 4 is 17.5 Å². The molecule has 2 heterocycles. The summed E-state index contributed by atoms with van der Waals surface area (Å²) < 4.78 is 43.9. The van der Waals surface area contributed by atoms with E-state index in [1.807, 2.05) is 35.2 Å². The number of para-hydroxylation sites is 1. The van der Waals surface area contributed by atoms with Gasteiger partial charge in [0.2, 0.25) is 5.91 Å². The monoisotopic (exact) mass is 489 g/mol. The molecular formula is C26H30F3N3O3. The van der Waals surface area contributed by atoms with Crippen LogP contribution in [0.15, 0.2) is 54.6 Å². The third-order valence-corrected chi connectivity index (χ3v) is 6.62. The Labute approximate surface area is 203 Å². The highest BCUT2D eigenvalue weighted by Gasteiger charge is 2.33. The number of alkyl halides is 3. The first kappa shape index (κ1) is 25.2. The fraction of sp³-hybridized carbons (Fsp3) is 0.462. The third-order valence-electron chi connectivity index (χ3n) is 6.62. The van der Waals surface area contributed by atoms with E-state index in [1.54, 1.807) is 4.90 Å². The second-order valence-electron chi connectivity index (χ2n) is 8.90. The summed E-state index contributed by atoms with van der Waals surface area (Å²) in [5.41, 5.74) is 0.298. The molecule has 0 saturated carbocycles. The number of carbonyl (C=O) groups excluding carboxylic acids is 2. The molecule has 9 heteroatoms. The Morgan fingerprint density at radius 2 is 1.54 bits per heavy atom. The van der Waals surface area contributed by atoms with Gasteiger partial charge in [-0.1, -0.05) is 18.2 Å². The summed E-state index contributed by atoms with van der Waals surface area (Å²) in [6.07, 6.45) is -2.83. The Morgan fingerprint density at radius 3 is 2.14 bits per heavy atom. The zero-order valence-electron chi connectivity index (χ0n) is 19.5. The predicted molar refractivity (Wildman–Crippen MR) is 126 cm³/mol. The molecule has 2 aromatic carbocycles. The molecule has 2 aliphatic rings. The summed E-state index contributed by atoms with van der Waals surface area (Å²) in [6.45, 7) is 4.56. The lowest BCUT2D eigenvalue weighted by atomic mass is 10.00. The van der Waals surface area contributed by atoms with Gasteiger partial charge in [0.1, 0.15) is 0 Å². The Balaban J connectivity index is 1.39. The van der Waals surface area contributed by atoms with Gasteiger partial charge >= 0.3 is 6.18 Å². The number of piperidine rings is 1. The number of morpholine rings is 1. The molecule has 188 valence electrons. The van der Waals surface area contributed by atoms with E-state index in [-0.39, 0.29) is 23.4 Å². The molecular weight excluding hydrogens is 459 g/mol. The van der Waals surface area contributed by atoms with Crippen LogP contribution in [0.25, 0.3) is 0 Å². The number of rotatable bonds is 6. The molecule has 4 rings (SSSR count). The molecule has 0 spiro atoms. The quantitative estimate of drug-likeness (QED) is 0.614. The van der Waals surface area contributed by atoms with Crippen LogP contribution >= 0.6 is 0 Å². The Morgan fingerprint density at radius 1 is 0.914 bits per heavy atom. The van der Waals surface area contributed by atoms with Crippen molar-refractivity contribution in [3.63, 3.8) is 0 Å². The smallest absolute Gasteiger partial charge is 0.379 e. The SMILES string of the molecule is O=C(c1ccc(C(F)(F)F)cc1)N1CCC(N(C(=O)CCN2CCOCC2)c2ccccc2)CC1. The molecule has 0 N–H and O–H groups in total. The van der Waals surface area contributed by atoms with Gasteiger partial charge in [-0.05, 0) is 49.2 Å². The van der Waals surface area contributed by atoms with Crippen molar-refractivity contribution in [2.75, 3.05) is 50.8 Å². The van der Waals surface area contributed by atoms with Crippen LogP contribution in [-0.2, 0) is 15.7 Å². The molecule has 0 aromatic heterocycles. The van der Waals surface area contributed by atoms with Crippen LogP contribution in [0.2, 0.25) is 0 Å². The van der Waals surface area contributed by atoms with Gasteiger partial charge in [-0.2, -0.15) is 13.2 Å². The molecule has 2 amide bonds. The molecule has 0 atom stereocenters. The second-order valence-corrected chi connectivity index (χ2v) is 8.90. The molecule has 0 aliphatic carbocycles. The van der Waals surface area contributed by atoms with Gasteiger partial charge in [0.15, 0.2) is 0 Å². The fourth-order valence-electron chi connectivity index (χ4n) is 4.66. The van der Waals surface area contributed by atoms with Crippen LogP contribution in [0.4, 0.5) is 18.9 Å². The van der Waals surface area contributed by atoms with E-state index in [1.165, 1.54) is 12.1 Å². The summed E-state index contributed by atoms with van der Waals surface area (Å²) in [5, 5.41) is 0. The van der Waals surface area contributed by atoms with Gasteiger partial charge < -0.3 is 14.5 Å². The van der Waals surface area contributed by atoms with E-state index in [0.29, 0.717) is 52.1 Å². The number of nitrogens with zero attached hydrogens (tertiary/aromatic N) is 3. The predicted octanol–water partition coefficient (Wildman–Crippen LogP) is 4.07. The van der Waals surface area contributed by atoms with E-state index in [0.717, 1.165) is 30.9 Å². The number of ether oxygens (including phenoxy) is 1. The highest BCUT2D eigenvalue weighted by molar-refractivity contribution is 5.95. The topological polar surface area (TPSA) is 53.1 Å². The molecule has 2 aromatic rings. The van der Waals surface area contributed by atoms with E-state index < -0.39 is 11.7 Å². The van der Waals surface area contributed by atoms with Gasteiger partial charge in [-0.25, -0.2) is 0 Å². The van der Waals surface area contributed by atoms with E-state index >= 15 is 0 Å². The average Bonchev–Trinajstić information content (AvgIpc) is 2.88. The van der Waals surface area contributed by atoms with E-state index in [4.69, 9.17) is 4.74 Å². The maximum Gasteiger partial charge on any atom is 0.416 e. The molecule has 2 fully saturated rings. The number of anilines is 1. The maximum absolute atomic E-state index is 13.3. The molecule has 35 heavy (non-hydrogen) atoms. The number of amides is 2. The number of halogens is 3. The van der Waals surface area contributed by atoms with Crippen molar-refractivity contribution in [2.24, 2.45) is 0 Å². The van der Waals surface area contributed by atoms with E-state index in [9.17, 15) is 22.8 Å². The largest absolute Gasteiger partial charge is 0.416 e.